The second-order valence-electron chi connectivity index (χ2n) is 4.19. The highest BCUT2D eigenvalue weighted by Gasteiger charge is 2.23. The molecule has 2 heterocycles. The number of nitrogens with two attached hydrogens (primary N) is 1. The van der Waals surface area contributed by atoms with Crippen LogP contribution in [0.3, 0.4) is 0 Å². The number of hydrogen-bond acceptors (Lipinski definition) is 4. The number of hydrogen-bond donors (Lipinski definition) is 2. The van der Waals surface area contributed by atoms with Crippen molar-refractivity contribution >= 4 is 23.1 Å². The molecule has 0 bridgehead atoms. The van der Waals surface area contributed by atoms with Gasteiger partial charge < -0.3 is 15.7 Å². The van der Waals surface area contributed by atoms with Gasteiger partial charge in [-0.25, -0.2) is 4.98 Å². The summed E-state index contributed by atoms with van der Waals surface area (Å²) >= 11 is 5.87. The van der Waals surface area contributed by atoms with Gasteiger partial charge >= 0.3 is 0 Å². The minimum absolute atomic E-state index is 0.254. The van der Waals surface area contributed by atoms with E-state index >= 15 is 0 Å². The van der Waals surface area contributed by atoms with E-state index in [1.807, 2.05) is 6.07 Å². The number of nitrogen functional groups attached to an aromatic ring is 1. The highest BCUT2D eigenvalue weighted by Crippen LogP contribution is 2.26. The van der Waals surface area contributed by atoms with Crippen LogP contribution in [0, 0.1) is 5.92 Å². The van der Waals surface area contributed by atoms with Crippen LogP contribution in [0.2, 0.25) is 5.15 Å². The third kappa shape index (κ3) is 2.57. The van der Waals surface area contributed by atoms with Crippen molar-refractivity contribution in [2.75, 3.05) is 30.3 Å². The first-order valence-corrected chi connectivity index (χ1v) is 5.85. The predicted molar refractivity (Wildman–Crippen MR) is 65.7 cm³/mol. The summed E-state index contributed by atoms with van der Waals surface area (Å²) in [6.07, 6.45) is 1.95. The van der Waals surface area contributed by atoms with Crippen LogP contribution >= 0.6 is 11.6 Å². The third-order valence-electron chi connectivity index (χ3n) is 2.95. The lowest BCUT2D eigenvalue weighted by molar-refractivity contribution is 0.263. The molecule has 0 saturated carbocycles. The van der Waals surface area contributed by atoms with Crippen molar-refractivity contribution < 1.29 is 5.11 Å². The van der Waals surface area contributed by atoms with Crippen LogP contribution < -0.4 is 10.6 Å². The molecule has 88 valence electrons. The zero-order valence-corrected chi connectivity index (χ0v) is 9.82. The first-order chi connectivity index (χ1) is 7.69. The summed E-state index contributed by atoms with van der Waals surface area (Å²) in [6.45, 7) is 2.13. The molecule has 4 nitrogen and oxygen atoms in total. The quantitative estimate of drug-likeness (QED) is 0.788. The summed E-state index contributed by atoms with van der Waals surface area (Å²) in [5, 5.41) is 9.33. The zero-order chi connectivity index (χ0) is 11.5. The molecule has 1 aliphatic heterocycles. The number of aliphatic hydroxyl groups excluding tert-OH is 1. The van der Waals surface area contributed by atoms with Gasteiger partial charge in [-0.3, -0.25) is 0 Å². The number of aliphatic hydroxyl groups is 1. The van der Waals surface area contributed by atoms with Gasteiger partial charge in [-0.05, 0) is 24.8 Å². The summed E-state index contributed by atoms with van der Waals surface area (Å²) in [7, 11) is 0. The topological polar surface area (TPSA) is 62.4 Å². The monoisotopic (exact) mass is 241 g/mol. The first kappa shape index (κ1) is 11.5. The second kappa shape index (κ2) is 4.89. The van der Waals surface area contributed by atoms with Gasteiger partial charge in [-0.2, -0.15) is 0 Å². The van der Waals surface area contributed by atoms with Gasteiger partial charge in [0, 0.05) is 31.5 Å². The molecule has 16 heavy (non-hydrogen) atoms. The number of aromatic nitrogens is 1. The highest BCUT2D eigenvalue weighted by atomic mass is 35.5. The largest absolute Gasteiger partial charge is 0.399 e. The SMILES string of the molecule is Nc1cc(Cl)nc(N2CCC(CCO)C2)c1. The zero-order valence-electron chi connectivity index (χ0n) is 9.06. The van der Waals surface area contributed by atoms with Crippen LogP contribution in [-0.2, 0) is 0 Å². The van der Waals surface area contributed by atoms with Gasteiger partial charge in [0.05, 0.1) is 0 Å². The molecular weight excluding hydrogens is 226 g/mol. The molecule has 1 aromatic heterocycles. The number of nitrogens with zero attached hydrogens (tertiary/aromatic N) is 2. The minimum atomic E-state index is 0.254. The highest BCUT2D eigenvalue weighted by molar-refractivity contribution is 6.29. The molecule has 0 radical (unpaired) electrons. The lowest BCUT2D eigenvalue weighted by Crippen LogP contribution is -2.21. The Kier molecular flexibility index (Phi) is 3.51. The van der Waals surface area contributed by atoms with Crippen molar-refractivity contribution in [2.24, 2.45) is 5.92 Å². The van der Waals surface area contributed by atoms with Crippen molar-refractivity contribution in [2.45, 2.75) is 12.8 Å². The first-order valence-electron chi connectivity index (χ1n) is 5.48. The van der Waals surface area contributed by atoms with Crippen LogP contribution in [0.5, 0.6) is 0 Å². The molecule has 0 spiro atoms. The Bertz CT molecular complexity index is 352. The Labute approximate surface area is 100 Å². The maximum atomic E-state index is 8.90. The van der Waals surface area contributed by atoms with E-state index in [0.717, 1.165) is 31.7 Å². The lowest BCUT2D eigenvalue weighted by atomic mass is 10.1. The standard InChI is InChI=1S/C11H16ClN3O/c12-10-5-9(13)6-11(14-10)15-3-1-8(7-15)2-4-16/h5-6,8,16H,1-4,7H2,(H2,13,14). The third-order valence-corrected chi connectivity index (χ3v) is 3.14. The van der Waals surface area contributed by atoms with Crippen molar-refractivity contribution in [1.82, 2.24) is 4.98 Å². The summed E-state index contributed by atoms with van der Waals surface area (Å²) in [5.41, 5.74) is 6.37. The molecule has 1 unspecified atom stereocenters. The molecule has 5 heteroatoms. The van der Waals surface area contributed by atoms with E-state index in [-0.39, 0.29) is 6.61 Å². The molecule has 1 aromatic rings. The maximum absolute atomic E-state index is 8.90. The van der Waals surface area contributed by atoms with Crippen molar-refractivity contribution in [3.05, 3.63) is 17.3 Å². The smallest absolute Gasteiger partial charge is 0.133 e. The van der Waals surface area contributed by atoms with Gasteiger partial charge in [0.1, 0.15) is 11.0 Å². The fourth-order valence-corrected chi connectivity index (χ4v) is 2.34. The van der Waals surface area contributed by atoms with Crippen LogP contribution in [0.15, 0.2) is 12.1 Å². The average Bonchev–Trinajstić information content (AvgIpc) is 2.65. The summed E-state index contributed by atoms with van der Waals surface area (Å²) < 4.78 is 0. The number of pyridine rings is 1. The lowest BCUT2D eigenvalue weighted by Gasteiger charge is -2.18. The Balaban J connectivity index is 2.08. The summed E-state index contributed by atoms with van der Waals surface area (Å²) in [6, 6.07) is 3.49. The van der Waals surface area contributed by atoms with Crippen LogP contribution in [0.25, 0.3) is 0 Å². The minimum Gasteiger partial charge on any atom is -0.399 e. The van der Waals surface area contributed by atoms with Crippen molar-refractivity contribution in [3.8, 4) is 0 Å². The predicted octanol–water partition coefficient (Wildman–Crippen LogP) is 1.53. The Hall–Kier alpha value is -1.00. The Morgan fingerprint density at radius 2 is 2.38 bits per heavy atom. The average molecular weight is 242 g/mol. The van der Waals surface area contributed by atoms with E-state index in [2.05, 4.69) is 9.88 Å². The van der Waals surface area contributed by atoms with E-state index in [9.17, 15) is 0 Å². The number of halogens is 1. The number of anilines is 2. The van der Waals surface area contributed by atoms with Gasteiger partial charge in [0.2, 0.25) is 0 Å². The fourth-order valence-electron chi connectivity index (χ4n) is 2.12. The Morgan fingerprint density at radius 3 is 3.06 bits per heavy atom. The van der Waals surface area contributed by atoms with Gasteiger partial charge in [-0.15, -0.1) is 0 Å². The number of rotatable bonds is 3. The maximum Gasteiger partial charge on any atom is 0.133 e. The summed E-state index contributed by atoms with van der Waals surface area (Å²) in [4.78, 5) is 6.43. The molecule has 1 saturated heterocycles. The Morgan fingerprint density at radius 1 is 1.56 bits per heavy atom. The van der Waals surface area contributed by atoms with Gasteiger partial charge in [0.15, 0.2) is 0 Å². The summed E-state index contributed by atoms with van der Waals surface area (Å²) in [5.74, 6) is 1.39. The van der Waals surface area contributed by atoms with E-state index in [0.29, 0.717) is 16.8 Å². The molecule has 0 aromatic carbocycles. The molecule has 2 rings (SSSR count). The molecule has 3 N–H and O–H groups in total. The van der Waals surface area contributed by atoms with Crippen LogP contribution in [-0.4, -0.2) is 29.8 Å². The van der Waals surface area contributed by atoms with E-state index in [1.165, 1.54) is 0 Å². The molecule has 1 atom stereocenters. The molecule has 0 amide bonds. The molecule has 0 aliphatic carbocycles. The van der Waals surface area contributed by atoms with E-state index < -0.39 is 0 Å². The molecule has 1 aliphatic rings. The van der Waals surface area contributed by atoms with E-state index in [4.69, 9.17) is 22.4 Å². The molecular formula is C11H16ClN3O. The van der Waals surface area contributed by atoms with E-state index in [1.54, 1.807) is 6.07 Å². The van der Waals surface area contributed by atoms with Gasteiger partial charge in [-0.1, -0.05) is 11.6 Å². The van der Waals surface area contributed by atoms with Gasteiger partial charge in [0.25, 0.3) is 0 Å². The molecule has 1 fully saturated rings. The fraction of sp³-hybridized carbons (Fsp3) is 0.545. The van der Waals surface area contributed by atoms with Crippen molar-refractivity contribution in [1.29, 1.82) is 0 Å². The normalized spacial score (nSPS) is 20.4. The van der Waals surface area contributed by atoms with Crippen LogP contribution in [0.1, 0.15) is 12.8 Å². The van der Waals surface area contributed by atoms with Crippen molar-refractivity contribution in [3.63, 3.8) is 0 Å². The second-order valence-corrected chi connectivity index (χ2v) is 4.58. The van der Waals surface area contributed by atoms with Crippen LogP contribution in [0.4, 0.5) is 11.5 Å².